The first kappa shape index (κ1) is 14.2. The van der Waals surface area contributed by atoms with Crippen molar-refractivity contribution >= 4 is 35.4 Å². The molecule has 1 saturated heterocycles. The summed E-state index contributed by atoms with van der Waals surface area (Å²) in [5.41, 5.74) is 0.834. The van der Waals surface area contributed by atoms with E-state index in [2.05, 4.69) is 31.6 Å². The van der Waals surface area contributed by atoms with Crippen LogP contribution in [0.2, 0.25) is 0 Å². The Morgan fingerprint density at radius 3 is 2.82 bits per heavy atom. The molecule has 0 aliphatic carbocycles. The zero-order valence-corrected chi connectivity index (χ0v) is 13.6. The van der Waals surface area contributed by atoms with Gasteiger partial charge in [0.05, 0.1) is 10.9 Å². The molecule has 4 heterocycles. The summed E-state index contributed by atoms with van der Waals surface area (Å²) in [7, 11) is 0. The van der Waals surface area contributed by atoms with Gasteiger partial charge in [0.1, 0.15) is 5.82 Å². The highest BCUT2D eigenvalue weighted by molar-refractivity contribution is 8.07. The zero-order chi connectivity index (χ0) is 14.9. The quantitative estimate of drug-likeness (QED) is 0.834. The lowest BCUT2D eigenvalue weighted by atomic mass is 10.2. The van der Waals surface area contributed by atoms with Crippen LogP contribution in [0.4, 0.5) is 5.82 Å². The molecule has 1 aromatic heterocycles. The molecule has 3 aliphatic rings. The van der Waals surface area contributed by atoms with Crippen LogP contribution in [0.5, 0.6) is 0 Å². The Labute approximate surface area is 138 Å². The van der Waals surface area contributed by atoms with E-state index in [0.717, 1.165) is 42.5 Å². The Bertz CT molecular complexity index is 638. The Morgan fingerprint density at radius 1 is 1.23 bits per heavy atom. The highest BCUT2D eigenvalue weighted by atomic mass is 32.2. The van der Waals surface area contributed by atoms with Crippen molar-refractivity contribution in [3.63, 3.8) is 0 Å². The third kappa shape index (κ3) is 2.64. The van der Waals surface area contributed by atoms with Crippen molar-refractivity contribution < 1.29 is 4.79 Å². The maximum atomic E-state index is 11.9. The second kappa shape index (κ2) is 5.98. The van der Waals surface area contributed by atoms with Crippen LogP contribution in [0, 0.1) is 0 Å². The molecule has 1 fully saturated rings. The van der Waals surface area contributed by atoms with Crippen LogP contribution in [0.15, 0.2) is 46.4 Å². The Hall–Kier alpha value is -1.44. The van der Waals surface area contributed by atoms with Gasteiger partial charge in [0.2, 0.25) is 0 Å². The molecule has 1 aromatic rings. The second-order valence-corrected chi connectivity index (χ2v) is 7.16. The molecule has 0 radical (unpaired) electrons. The summed E-state index contributed by atoms with van der Waals surface area (Å²) in [5, 5.41) is 2.30. The Balaban J connectivity index is 1.42. The summed E-state index contributed by atoms with van der Waals surface area (Å²) < 4.78 is 2.79. The SMILES string of the molecule is O=C1NSC=C2SC(N3CCN(c4ccccn4)CC3)C=C12. The van der Waals surface area contributed by atoms with Crippen molar-refractivity contribution in [2.24, 2.45) is 0 Å². The zero-order valence-electron chi connectivity index (χ0n) is 11.9. The van der Waals surface area contributed by atoms with Crippen molar-refractivity contribution in [2.45, 2.75) is 5.37 Å². The fourth-order valence-electron chi connectivity index (χ4n) is 2.85. The standard InChI is InChI=1S/C15H16N4OS2/c20-15-11-9-14(22-12(11)10-21-17-15)19-7-5-18(6-8-19)13-3-1-2-4-16-13/h1-4,9-10,14H,5-8H2,(H,17,20). The molecular weight excluding hydrogens is 316 g/mol. The number of anilines is 1. The minimum Gasteiger partial charge on any atom is -0.354 e. The van der Waals surface area contributed by atoms with E-state index in [0.29, 0.717) is 0 Å². The van der Waals surface area contributed by atoms with Crippen LogP contribution >= 0.6 is 23.7 Å². The van der Waals surface area contributed by atoms with Crippen molar-refractivity contribution in [1.29, 1.82) is 0 Å². The van der Waals surface area contributed by atoms with Crippen molar-refractivity contribution in [2.75, 3.05) is 31.1 Å². The number of hydrogen-bond acceptors (Lipinski definition) is 6. The number of aromatic nitrogens is 1. The molecule has 4 rings (SSSR count). The summed E-state index contributed by atoms with van der Waals surface area (Å²) in [6, 6.07) is 6.03. The number of piperazine rings is 1. The topological polar surface area (TPSA) is 48.5 Å². The summed E-state index contributed by atoms with van der Waals surface area (Å²) in [5.74, 6) is 1.08. The van der Waals surface area contributed by atoms with E-state index in [9.17, 15) is 4.79 Å². The first-order valence-electron chi connectivity index (χ1n) is 7.26. The van der Waals surface area contributed by atoms with Gasteiger partial charge in [-0.05, 0) is 30.2 Å². The lowest BCUT2D eigenvalue weighted by Crippen LogP contribution is -2.49. The van der Waals surface area contributed by atoms with Gasteiger partial charge in [0.15, 0.2) is 0 Å². The number of thioether (sulfide) groups is 1. The summed E-state index contributed by atoms with van der Waals surface area (Å²) >= 11 is 3.15. The van der Waals surface area contributed by atoms with Crippen LogP contribution in [0.3, 0.4) is 0 Å². The van der Waals surface area contributed by atoms with Gasteiger partial charge in [-0.3, -0.25) is 14.4 Å². The lowest BCUT2D eigenvalue weighted by Gasteiger charge is -2.37. The van der Waals surface area contributed by atoms with Gasteiger partial charge in [-0.15, -0.1) is 11.8 Å². The van der Waals surface area contributed by atoms with Gasteiger partial charge in [0.25, 0.3) is 5.91 Å². The third-order valence-electron chi connectivity index (χ3n) is 4.03. The molecule has 3 aliphatic heterocycles. The van der Waals surface area contributed by atoms with E-state index < -0.39 is 0 Å². The molecule has 1 N–H and O–H groups in total. The lowest BCUT2D eigenvalue weighted by molar-refractivity contribution is -0.115. The number of carbonyl (C=O) groups excluding carboxylic acids is 1. The van der Waals surface area contributed by atoms with E-state index in [1.165, 1.54) is 11.9 Å². The average molecular weight is 332 g/mol. The molecule has 7 heteroatoms. The molecule has 1 atom stereocenters. The molecular formula is C15H16N4OS2. The third-order valence-corrected chi connectivity index (χ3v) is 6.11. The van der Waals surface area contributed by atoms with Gasteiger partial charge < -0.3 is 4.90 Å². The van der Waals surface area contributed by atoms with Crippen molar-refractivity contribution in [3.8, 4) is 0 Å². The molecule has 0 spiro atoms. The highest BCUT2D eigenvalue weighted by Gasteiger charge is 2.33. The fourth-order valence-corrected chi connectivity index (χ4v) is 4.84. The summed E-state index contributed by atoms with van der Waals surface area (Å²) in [6.45, 7) is 3.91. The largest absolute Gasteiger partial charge is 0.354 e. The number of hydrogen-bond donors (Lipinski definition) is 1. The number of amides is 1. The van der Waals surface area contributed by atoms with Gasteiger partial charge in [-0.1, -0.05) is 6.07 Å². The van der Waals surface area contributed by atoms with E-state index in [1.807, 2.05) is 23.7 Å². The minimum absolute atomic E-state index is 0.0321. The fraction of sp³-hybridized carbons (Fsp3) is 0.333. The molecule has 0 bridgehead atoms. The molecule has 114 valence electrons. The van der Waals surface area contributed by atoms with Crippen molar-refractivity contribution in [3.05, 3.63) is 46.4 Å². The number of carbonyl (C=O) groups is 1. The molecule has 22 heavy (non-hydrogen) atoms. The summed E-state index contributed by atoms with van der Waals surface area (Å²) in [6.07, 6.45) is 3.94. The Kier molecular flexibility index (Phi) is 3.85. The van der Waals surface area contributed by atoms with Crippen LogP contribution in [-0.4, -0.2) is 47.3 Å². The summed E-state index contributed by atoms with van der Waals surface area (Å²) in [4.78, 5) is 22.1. The van der Waals surface area contributed by atoms with Gasteiger partial charge in [-0.25, -0.2) is 4.98 Å². The predicted molar refractivity (Wildman–Crippen MR) is 91.3 cm³/mol. The van der Waals surface area contributed by atoms with Crippen LogP contribution in [0.25, 0.3) is 0 Å². The van der Waals surface area contributed by atoms with Crippen LogP contribution < -0.4 is 9.62 Å². The average Bonchev–Trinajstić information content (AvgIpc) is 3.02. The number of nitrogens with one attached hydrogen (secondary N) is 1. The monoisotopic (exact) mass is 332 g/mol. The van der Waals surface area contributed by atoms with E-state index in [1.54, 1.807) is 11.8 Å². The van der Waals surface area contributed by atoms with E-state index in [-0.39, 0.29) is 11.3 Å². The van der Waals surface area contributed by atoms with E-state index >= 15 is 0 Å². The number of fused-ring (bicyclic) bond motifs is 1. The minimum atomic E-state index is 0.0321. The van der Waals surface area contributed by atoms with Gasteiger partial charge in [0, 0.05) is 42.7 Å². The molecule has 1 unspecified atom stereocenters. The maximum absolute atomic E-state index is 11.9. The normalized spacial score (nSPS) is 25.4. The smallest absolute Gasteiger partial charge is 0.262 e. The maximum Gasteiger partial charge on any atom is 0.262 e. The first-order valence-corrected chi connectivity index (χ1v) is 9.02. The predicted octanol–water partition coefficient (Wildman–Crippen LogP) is 1.82. The molecule has 0 aromatic carbocycles. The number of pyridine rings is 1. The highest BCUT2D eigenvalue weighted by Crippen LogP contribution is 2.41. The van der Waals surface area contributed by atoms with Crippen LogP contribution in [0.1, 0.15) is 0 Å². The number of rotatable bonds is 2. The van der Waals surface area contributed by atoms with Gasteiger partial charge >= 0.3 is 0 Å². The number of nitrogens with zero attached hydrogens (tertiary/aromatic N) is 3. The van der Waals surface area contributed by atoms with E-state index in [4.69, 9.17) is 0 Å². The second-order valence-electron chi connectivity index (χ2n) is 5.33. The van der Waals surface area contributed by atoms with Crippen LogP contribution in [-0.2, 0) is 4.79 Å². The molecule has 0 saturated carbocycles. The van der Waals surface area contributed by atoms with Gasteiger partial charge in [-0.2, -0.15) is 0 Å². The van der Waals surface area contributed by atoms with Crippen molar-refractivity contribution in [1.82, 2.24) is 14.6 Å². The Morgan fingerprint density at radius 2 is 2.09 bits per heavy atom. The molecule has 5 nitrogen and oxygen atoms in total. The first-order chi connectivity index (χ1) is 10.8. The molecule has 1 amide bonds.